The number of carboxylic acids is 1. The molecule has 0 radical (unpaired) electrons. The highest BCUT2D eigenvalue weighted by atomic mass is 16.5. The SMILES string of the molecule is COc1ccccc1OCC(=O)Nc1cc(C(=O)Nc2ccccc2C(=O)O)ccc1C. The molecule has 3 aromatic carbocycles. The van der Waals surface area contributed by atoms with Crippen molar-refractivity contribution in [2.75, 3.05) is 24.4 Å². The zero-order chi connectivity index (χ0) is 23.1. The van der Waals surface area contributed by atoms with Crippen molar-refractivity contribution in [1.82, 2.24) is 0 Å². The molecule has 8 heteroatoms. The van der Waals surface area contributed by atoms with Gasteiger partial charge in [0.25, 0.3) is 11.8 Å². The molecule has 8 nitrogen and oxygen atoms in total. The fourth-order valence-electron chi connectivity index (χ4n) is 2.94. The summed E-state index contributed by atoms with van der Waals surface area (Å²) in [7, 11) is 1.51. The van der Waals surface area contributed by atoms with E-state index in [9.17, 15) is 19.5 Å². The summed E-state index contributed by atoms with van der Waals surface area (Å²) < 4.78 is 10.7. The Morgan fingerprint density at radius 1 is 0.875 bits per heavy atom. The van der Waals surface area contributed by atoms with Gasteiger partial charge >= 0.3 is 5.97 Å². The Labute approximate surface area is 184 Å². The number of nitrogens with one attached hydrogen (secondary N) is 2. The van der Waals surface area contributed by atoms with Crippen LogP contribution < -0.4 is 20.1 Å². The second-order valence-electron chi connectivity index (χ2n) is 6.82. The number of aryl methyl sites for hydroxylation is 1. The maximum Gasteiger partial charge on any atom is 0.337 e. The smallest absolute Gasteiger partial charge is 0.337 e. The lowest BCUT2D eigenvalue weighted by atomic mass is 10.1. The van der Waals surface area contributed by atoms with Gasteiger partial charge in [-0.1, -0.05) is 30.3 Å². The average Bonchev–Trinajstić information content (AvgIpc) is 2.79. The summed E-state index contributed by atoms with van der Waals surface area (Å²) in [6, 6.07) is 17.9. The van der Waals surface area contributed by atoms with Gasteiger partial charge in [0.05, 0.1) is 18.4 Å². The normalized spacial score (nSPS) is 10.2. The Balaban J connectivity index is 1.69. The first-order valence-electron chi connectivity index (χ1n) is 9.69. The molecule has 0 fully saturated rings. The summed E-state index contributed by atoms with van der Waals surface area (Å²) in [4.78, 5) is 36.4. The number of hydrogen-bond donors (Lipinski definition) is 3. The zero-order valence-electron chi connectivity index (χ0n) is 17.5. The third-order valence-corrected chi connectivity index (χ3v) is 4.61. The maximum atomic E-state index is 12.7. The van der Waals surface area contributed by atoms with Crippen LogP contribution in [0.25, 0.3) is 0 Å². The molecular formula is C24H22N2O6. The average molecular weight is 434 g/mol. The van der Waals surface area contributed by atoms with Crippen molar-refractivity contribution in [3.63, 3.8) is 0 Å². The molecular weight excluding hydrogens is 412 g/mol. The molecule has 0 heterocycles. The molecule has 0 aliphatic heterocycles. The van der Waals surface area contributed by atoms with E-state index in [2.05, 4.69) is 10.6 Å². The Morgan fingerprint density at radius 3 is 2.28 bits per heavy atom. The number of para-hydroxylation sites is 3. The van der Waals surface area contributed by atoms with Gasteiger partial charge in [0, 0.05) is 11.3 Å². The molecule has 0 saturated carbocycles. The molecule has 0 aliphatic carbocycles. The molecule has 0 aromatic heterocycles. The quantitative estimate of drug-likeness (QED) is 0.494. The molecule has 0 unspecified atom stereocenters. The van der Waals surface area contributed by atoms with Crippen LogP contribution in [0.15, 0.2) is 66.7 Å². The minimum atomic E-state index is -1.15. The molecule has 32 heavy (non-hydrogen) atoms. The highest BCUT2D eigenvalue weighted by molar-refractivity contribution is 6.08. The first-order chi connectivity index (χ1) is 15.4. The van der Waals surface area contributed by atoms with Crippen molar-refractivity contribution in [3.8, 4) is 11.5 Å². The van der Waals surface area contributed by atoms with E-state index in [1.807, 2.05) is 0 Å². The van der Waals surface area contributed by atoms with Gasteiger partial charge in [-0.15, -0.1) is 0 Å². The van der Waals surface area contributed by atoms with Crippen LogP contribution in [0.3, 0.4) is 0 Å². The van der Waals surface area contributed by atoms with Crippen LogP contribution in [0, 0.1) is 6.92 Å². The van der Waals surface area contributed by atoms with E-state index in [-0.39, 0.29) is 23.4 Å². The van der Waals surface area contributed by atoms with Crippen LogP contribution in [-0.2, 0) is 4.79 Å². The lowest BCUT2D eigenvalue weighted by Gasteiger charge is -2.13. The highest BCUT2D eigenvalue weighted by Gasteiger charge is 2.15. The number of carboxylic acid groups (broad SMARTS) is 1. The molecule has 3 aromatic rings. The van der Waals surface area contributed by atoms with Crippen molar-refractivity contribution >= 4 is 29.2 Å². The number of rotatable bonds is 8. The van der Waals surface area contributed by atoms with Crippen molar-refractivity contribution in [2.24, 2.45) is 0 Å². The highest BCUT2D eigenvalue weighted by Crippen LogP contribution is 2.26. The number of carbonyl (C=O) groups is 3. The van der Waals surface area contributed by atoms with Gasteiger partial charge in [0.1, 0.15) is 0 Å². The molecule has 164 valence electrons. The lowest BCUT2D eigenvalue weighted by molar-refractivity contribution is -0.118. The number of ether oxygens (including phenoxy) is 2. The third kappa shape index (κ3) is 5.42. The molecule has 2 amide bonds. The molecule has 0 saturated heterocycles. The van der Waals surface area contributed by atoms with Gasteiger partial charge in [0.15, 0.2) is 18.1 Å². The topological polar surface area (TPSA) is 114 Å². The van der Waals surface area contributed by atoms with Crippen LogP contribution in [0.1, 0.15) is 26.3 Å². The summed E-state index contributed by atoms with van der Waals surface area (Å²) in [5.74, 6) is -1.11. The fraction of sp³-hybridized carbons (Fsp3) is 0.125. The first kappa shape index (κ1) is 22.4. The lowest BCUT2D eigenvalue weighted by Crippen LogP contribution is -2.21. The third-order valence-electron chi connectivity index (χ3n) is 4.61. The minimum Gasteiger partial charge on any atom is -0.493 e. The zero-order valence-corrected chi connectivity index (χ0v) is 17.5. The molecule has 0 spiro atoms. The Morgan fingerprint density at radius 2 is 1.56 bits per heavy atom. The van der Waals surface area contributed by atoms with Crippen LogP contribution >= 0.6 is 0 Å². The Bertz CT molecular complexity index is 1160. The van der Waals surface area contributed by atoms with Crippen molar-refractivity contribution in [1.29, 1.82) is 0 Å². The number of methoxy groups -OCH3 is 1. The predicted molar refractivity (Wildman–Crippen MR) is 120 cm³/mol. The van der Waals surface area contributed by atoms with E-state index < -0.39 is 17.8 Å². The fourth-order valence-corrected chi connectivity index (χ4v) is 2.94. The van der Waals surface area contributed by atoms with Gasteiger partial charge in [-0.2, -0.15) is 0 Å². The Kier molecular flexibility index (Phi) is 7.07. The monoisotopic (exact) mass is 434 g/mol. The molecule has 3 N–H and O–H groups in total. The maximum absolute atomic E-state index is 12.7. The minimum absolute atomic E-state index is 0.0185. The van der Waals surface area contributed by atoms with Gasteiger partial charge in [-0.05, 0) is 48.9 Å². The van der Waals surface area contributed by atoms with Gasteiger partial charge in [-0.25, -0.2) is 4.79 Å². The number of hydrogen-bond acceptors (Lipinski definition) is 5. The number of amides is 2. The van der Waals surface area contributed by atoms with Gasteiger partial charge in [-0.3, -0.25) is 9.59 Å². The van der Waals surface area contributed by atoms with E-state index in [1.54, 1.807) is 55.5 Å². The standard InChI is InChI=1S/C24H22N2O6/c1-15-11-12-16(23(28)26-18-8-4-3-7-17(18)24(29)30)13-19(15)25-22(27)14-32-21-10-6-5-9-20(21)31-2/h3-13H,14H2,1-2H3,(H,25,27)(H,26,28)(H,29,30). The van der Waals surface area contributed by atoms with Crippen LogP contribution in [0.5, 0.6) is 11.5 Å². The van der Waals surface area contributed by atoms with E-state index in [1.165, 1.54) is 25.3 Å². The summed E-state index contributed by atoms with van der Waals surface area (Å²) in [5, 5.41) is 14.6. The number of carbonyl (C=O) groups excluding carboxylic acids is 2. The number of anilines is 2. The van der Waals surface area contributed by atoms with E-state index >= 15 is 0 Å². The van der Waals surface area contributed by atoms with Gasteiger partial charge in [0.2, 0.25) is 0 Å². The summed E-state index contributed by atoms with van der Waals surface area (Å²) in [5.41, 5.74) is 1.61. The van der Waals surface area contributed by atoms with Gasteiger partial charge < -0.3 is 25.2 Å². The first-order valence-corrected chi connectivity index (χ1v) is 9.69. The van der Waals surface area contributed by atoms with E-state index in [0.717, 1.165) is 5.56 Å². The molecule has 0 atom stereocenters. The van der Waals surface area contributed by atoms with Crippen molar-refractivity contribution in [3.05, 3.63) is 83.4 Å². The van der Waals surface area contributed by atoms with Crippen molar-refractivity contribution < 1.29 is 29.0 Å². The summed E-state index contributed by atoms with van der Waals surface area (Å²) in [6.45, 7) is 1.54. The van der Waals surface area contributed by atoms with E-state index in [4.69, 9.17) is 9.47 Å². The molecule has 0 aliphatic rings. The number of aromatic carboxylic acids is 1. The Hall–Kier alpha value is -4.33. The van der Waals surface area contributed by atoms with Crippen LogP contribution in [0.2, 0.25) is 0 Å². The largest absolute Gasteiger partial charge is 0.493 e. The summed E-state index contributed by atoms with van der Waals surface area (Å²) in [6.07, 6.45) is 0. The second kappa shape index (κ2) is 10.1. The van der Waals surface area contributed by atoms with Crippen LogP contribution in [-0.4, -0.2) is 36.6 Å². The second-order valence-corrected chi connectivity index (χ2v) is 6.82. The molecule has 3 rings (SSSR count). The number of benzene rings is 3. The van der Waals surface area contributed by atoms with E-state index in [0.29, 0.717) is 17.2 Å². The van der Waals surface area contributed by atoms with Crippen molar-refractivity contribution in [2.45, 2.75) is 6.92 Å². The molecule has 0 bridgehead atoms. The predicted octanol–water partition coefficient (Wildman–Crippen LogP) is 3.97. The van der Waals surface area contributed by atoms with Crippen LogP contribution in [0.4, 0.5) is 11.4 Å². The summed E-state index contributed by atoms with van der Waals surface area (Å²) >= 11 is 0.